The summed E-state index contributed by atoms with van der Waals surface area (Å²) in [5, 5.41) is 0. The number of carbonyl (C=O) groups excluding carboxylic acids is 2. The highest BCUT2D eigenvalue weighted by molar-refractivity contribution is 9.10. The number of carbonyl (C=O) groups is 2. The lowest BCUT2D eigenvalue weighted by Gasteiger charge is -2.24. The maximum Gasteiger partial charge on any atom is 0.339 e. The van der Waals surface area contributed by atoms with E-state index in [9.17, 15) is 9.59 Å². The fraction of sp³-hybridized carbons (Fsp3) is 0.368. The molecule has 1 atom stereocenters. The number of benzene rings is 1. The molecule has 5 nitrogen and oxygen atoms in total. The van der Waals surface area contributed by atoms with Gasteiger partial charge in [-0.3, -0.25) is 9.69 Å². The van der Waals surface area contributed by atoms with Crippen molar-refractivity contribution in [2.45, 2.75) is 33.4 Å². The Kier molecular flexibility index (Phi) is 6.19. The number of nitrogens with zero attached hydrogens (tertiary/aromatic N) is 1. The van der Waals surface area contributed by atoms with Gasteiger partial charge in [-0.1, -0.05) is 34.1 Å². The number of halogens is 1. The fourth-order valence-electron chi connectivity index (χ4n) is 2.85. The Morgan fingerprint density at radius 3 is 2.52 bits per heavy atom. The Morgan fingerprint density at radius 2 is 1.92 bits per heavy atom. The zero-order valence-electron chi connectivity index (χ0n) is 15.1. The predicted molar refractivity (Wildman–Crippen MR) is 101 cm³/mol. The number of methoxy groups -OCH3 is 1. The van der Waals surface area contributed by atoms with Crippen LogP contribution in [0.5, 0.6) is 0 Å². The molecule has 2 aromatic rings. The fourth-order valence-corrected chi connectivity index (χ4v) is 3.26. The van der Waals surface area contributed by atoms with E-state index in [2.05, 4.69) is 20.9 Å². The highest BCUT2D eigenvalue weighted by atomic mass is 79.9. The van der Waals surface area contributed by atoms with Crippen LogP contribution in [0.2, 0.25) is 0 Å². The lowest BCUT2D eigenvalue weighted by atomic mass is 10.0. The Bertz CT molecular complexity index is 798. The second-order valence-corrected chi connectivity index (χ2v) is 7.02. The van der Waals surface area contributed by atoms with Crippen molar-refractivity contribution in [1.82, 2.24) is 9.88 Å². The van der Waals surface area contributed by atoms with Gasteiger partial charge in [0.05, 0.1) is 24.4 Å². The lowest BCUT2D eigenvalue weighted by Crippen LogP contribution is -2.36. The molecule has 0 aliphatic rings. The van der Waals surface area contributed by atoms with Gasteiger partial charge in [0.2, 0.25) is 0 Å². The second kappa shape index (κ2) is 7.97. The maximum absolute atomic E-state index is 12.9. The predicted octanol–water partition coefficient (Wildman–Crippen LogP) is 3.88. The molecule has 25 heavy (non-hydrogen) atoms. The van der Waals surface area contributed by atoms with Crippen LogP contribution in [0.15, 0.2) is 28.7 Å². The third-order valence-electron chi connectivity index (χ3n) is 4.49. The number of aromatic nitrogens is 1. The third kappa shape index (κ3) is 4.02. The van der Waals surface area contributed by atoms with E-state index >= 15 is 0 Å². The number of hydrogen-bond donors (Lipinski definition) is 1. The molecule has 134 valence electrons. The molecule has 0 saturated heterocycles. The van der Waals surface area contributed by atoms with E-state index in [1.165, 1.54) is 7.11 Å². The van der Waals surface area contributed by atoms with Crippen molar-refractivity contribution in [3.63, 3.8) is 0 Å². The van der Waals surface area contributed by atoms with Crippen LogP contribution in [0.1, 0.15) is 44.6 Å². The smallest absolute Gasteiger partial charge is 0.339 e. The van der Waals surface area contributed by atoms with Crippen molar-refractivity contribution in [3.05, 3.63) is 56.8 Å². The van der Waals surface area contributed by atoms with Crippen LogP contribution >= 0.6 is 15.9 Å². The van der Waals surface area contributed by atoms with Gasteiger partial charge in [0.15, 0.2) is 5.78 Å². The summed E-state index contributed by atoms with van der Waals surface area (Å²) >= 11 is 3.54. The van der Waals surface area contributed by atoms with E-state index < -0.39 is 5.97 Å². The van der Waals surface area contributed by atoms with E-state index in [0.717, 1.165) is 10.0 Å². The van der Waals surface area contributed by atoms with Gasteiger partial charge in [-0.15, -0.1) is 0 Å². The van der Waals surface area contributed by atoms with E-state index in [1.807, 2.05) is 43.1 Å². The van der Waals surface area contributed by atoms with Crippen LogP contribution in [0.4, 0.5) is 0 Å². The van der Waals surface area contributed by atoms with Crippen LogP contribution in [0, 0.1) is 13.8 Å². The molecule has 0 bridgehead atoms. The number of H-pyrrole nitrogens is 1. The zero-order chi connectivity index (χ0) is 18.7. The molecule has 1 N–H and O–H groups in total. The SMILES string of the molecule is COC(=O)c1c(C)[nH]c(C(=O)[C@H](C)N(C)Cc2ccccc2Br)c1C. The highest BCUT2D eigenvalue weighted by Gasteiger charge is 2.27. The normalized spacial score (nSPS) is 12.3. The number of ketones is 1. The summed E-state index contributed by atoms with van der Waals surface area (Å²) < 4.78 is 5.82. The first-order valence-corrected chi connectivity index (χ1v) is 8.82. The molecule has 1 aromatic carbocycles. The Hall–Kier alpha value is -1.92. The summed E-state index contributed by atoms with van der Waals surface area (Å²) in [4.78, 5) is 29.9. The molecule has 0 saturated carbocycles. The summed E-state index contributed by atoms with van der Waals surface area (Å²) in [6, 6.07) is 7.60. The molecule has 0 radical (unpaired) electrons. The average molecular weight is 407 g/mol. The van der Waals surface area contributed by atoms with Gasteiger partial charge in [-0.25, -0.2) is 4.79 Å². The molecule has 2 rings (SSSR count). The number of aromatic amines is 1. The summed E-state index contributed by atoms with van der Waals surface area (Å²) in [6.07, 6.45) is 0. The molecule has 6 heteroatoms. The van der Waals surface area contributed by atoms with Crippen molar-refractivity contribution in [1.29, 1.82) is 0 Å². The number of aryl methyl sites for hydroxylation is 1. The van der Waals surface area contributed by atoms with Crippen molar-refractivity contribution in [2.75, 3.05) is 14.2 Å². The van der Waals surface area contributed by atoms with Gasteiger partial charge < -0.3 is 9.72 Å². The van der Waals surface area contributed by atoms with E-state index in [1.54, 1.807) is 13.8 Å². The first-order chi connectivity index (χ1) is 11.8. The maximum atomic E-state index is 12.9. The number of nitrogens with one attached hydrogen (secondary N) is 1. The molecule has 0 spiro atoms. The topological polar surface area (TPSA) is 62.4 Å². The molecule has 0 aliphatic heterocycles. The zero-order valence-corrected chi connectivity index (χ0v) is 16.7. The Balaban J connectivity index is 2.22. The van der Waals surface area contributed by atoms with Gasteiger partial charge >= 0.3 is 5.97 Å². The number of hydrogen-bond acceptors (Lipinski definition) is 4. The minimum absolute atomic E-state index is 0.0506. The summed E-state index contributed by atoms with van der Waals surface area (Å²) in [6.45, 7) is 6.04. The largest absolute Gasteiger partial charge is 0.465 e. The third-order valence-corrected chi connectivity index (χ3v) is 5.27. The van der Waals surface area contributed by atoms with E-state index in [-0.39, 0.29) is 11.8 Å². The second-order valence-electron chi connectivity index (χ2n) is 6.16. The lowest BCUT2D eigenvalue weighted by molar-refractivity contribution is 0.0599. The van der Waals surface area contributed by atoms with Crippen molar-refractivity contribution >= 4 is 27.7 Å². The molecule has 0 fully saturated rings. The summed E-state index contributed by atoms with van der Waals surface area (Å²) in [5.41, 5.74) is 3.29. The van der Waals surface area contributed by atoms with Crippen molar-refractivity contribution in [2.24, 2.45) is 0 Å². The Labute approximate surface area is 156 Å². The molecule has 1 aromatic heterocycles. The molecular formula is C19H23BrN2O3. The average Bonchev–Trinajstić information content (AvgIpc) is 2.89. The summed E-state index contributed by atoms with van der Waals surface area (Å²) in [7, 11) is 3.25. The quantitative estimate of drug-likeness (QED) is 0.583. The number of rotatable bonds is 6. The number of likely N-dealkylation sites (N-methyl/N-ethyl adjacent to an activating group) is 1. The number of Topliss-reactive ketones (excluding diaryl/α,β-unsaturated/α-hetero) is 1. The van der Waals surface area contributed by atoms with Crippen LogP contribution < -0.4 is 0 Å². The molecule has 0 unspecified atom stereocenters. The molecule has 0 amide bonds. The van der Waals surface area contributed by atoms with Crippen LogP contribution in [-0.2, 0) is 11.3 Å². The summed E-state index contributed by atoms with van der Waals surface area (Å²) in [5.74, 6) is -0.482. The van der Waals surface area contributed by atoms with Crippen LogP contribution in [0.25, 0.3) is 0 Å². The highest BCUT2D eigenvalue weighted by Crippen LogP contribution is 2.23. The minimum Gasteiger partial charge on any atom is -0.465 e. The molecule has 1 heterocycles. The van der Waals surface area contributed by atoms with Crippen LogP contribution in [-0.4, -0.2) is 41.8 Å². The standard InChI is InChI=1S/C19H23BrN2O3/c1-11-16(19(24)25-5)12(2)21-17(11)18(23)13(3)22(4)10-14-8-6-7-9-15(14)20/h6-9,13,21H,10H2,1-5H3/t13-/m0/s1. The minimum atomic E-state index is -0.431. The van der Waals surface area contributed by atoms with Gasteiger partial charge in [-0.2, -0.15) is 0 Å². The molecular weight excluding hydrogens is 384 g/mol. The monoisotopic (exact) mass is 406 g/mol. The van der Waals surface area contributed by atoms with Crippen molar-refractivity contribution in [3.8, 4) is 0 Å². The van der Waals surface area contributed by atoms with Gasteiger partial charge in [0.1, 0.15) is 0 Å². The van der Waals surface area contributed by atoms with Crippen LogP contribution in [0.3, 0.4) is 0 Å². The van der Waals surface area contributed by atoms with Crippen molar-refractivity contribution < 1.29 is 14.3 Å². The number of esters is 1. The van der Waals surface area contributed by atoms with Gasteiger partial charge in [-0.05, 0) is 45.0 Å². The molecule has 0 aliphatic carbocycles. The van der Waals surface area contributed by atoms with E-state index in [4.69, 9.17) is 4.74 Å². The van der Waals surface area contributed by atoms with Gasteiger partial charge in [0, 0.05) is 16.7 Å². The van der Waals surface area contributed by atoms with E-state index in [0.29, 0.717) is 29.1 Å². The Morgan fingerprint density at radius 1 is 1.28 bits per heavy atom. The first kappa shape index (κ1) is 19.4. The number of ether oxygens (including phenoxy) is 1. The van der Waals surface area contributed by atoms with Gasteiger partial charge in [0.25, 0.3) is 0 Å². The first-order valence-electron chi connectivity index (χ1n) is 8.03.